The van der Waals surface area contributed by atoms with Gasteiger partial charge < -0.3 is 15.5 Å². The lowest BCUT2D eigenvalue weighted by Gasteiger charge is -2.28. The second-order valence-electron chi connectivity index (χ2n) is 6.33. The van der Waals surface area contributed by atoms with Crippen molar-refractivity contribution in [2.24, 2.45) is 5.92 Å². The SMILES string of the molecule is C[C@H]1C[C@@H](C(=O)NC2CCN(c3ncccc3Cl)C2)CCN1.Cl. The number of anilines is 1. The maximum absolute atomic E-state index is 12.4. The number of nitrogens with one attached hydrogen (secondary N) is 2. The number of hydrogen-bond acceptors (Lipinski definition) is 4. The summed E-state index contributed by atoms with van der Waals surface area (Å²) in [6.45, 7) is 4.73. The highest BCUT2D eigenvalue weighted by Gasteiger charge is 2.30. The first-order valence-corrected chi connectivity index (χ1v) is 8.40. The predicted octanol–water partition coefficient (Wildman–Crippen LogP) is 2.24. The van der Waals surface area contributed by atoms with Gasteiger partial charge in [0.25, 0.3) is 0 Å². The molecule has 0 saturated carbocycles. The van der Waals surface area contributed by atoms with Crippen molar-refractivity contribution < 1.29 is 4.79 Å². The molecule has 3 atom stereocenters. The van der Waals surface area contributed by atoms with Crippen molar-refractivity contribution in [3.8, 4) is 0 Å². The highest BCUT2D eigenvalue weighted by atomic mass is 35.5. The van der Waals surface area contributed by atoms with Crippen molar-refractivity contribution in [2.45, 2.75) is 38.3 Å². The van der Waals surface area contributed by atoms with Crippen LogP contribution in [0.4, 0.5) is 5.82 Å². The maximum atomic E-state index is 12.4. The number of pyridine rings is 1. The van der Waals surface area contributed by atoms with E-state index in [1.165, 1.54) is 0 Å². The van der Waals surface area contributed by atoms with Crippen LogP contribution in [-0.4, -0.2) is 42.6 Å². The van der Waals surface area contributed by atoms with Gasteiger partial charge in [-0.3, -0.25) is 4.79 Å². The number of piperidine rings is 1. The fraction of sp³-hybridized carbons (Fsp3) is 0.625. The quantitative estimate of drug-likeness (QED) is 0.869. The fourth-order valence-electron chi connectivity index (χ4n) is 3.37. The molecule has 2 saturated heterocycles. The second-order valence-corrected chi connectivity index (χ2v) is 6.73. The zero-order chi connectivity index (χ0) is 15.5. The monoisotopic (exact) mass is 358 g/mol. The van der Waals surface area contributed by atoms with Gasteiger partial charge in [0, 0.05) is 37.3 Å². The van der Waals surface area contributed by atoms with Crippen molar-refractivity contribution in [2.75, 3.05) is 24.5 Å². The molecular formula is C16H24Cl2N4O. The average molecular weight is 359 g/mol. The van der Waals surface area contributed by atoms with E-state index in [0.717, 1.165) is 44.7 Å². The van der Waals surface area contributed by atoms with E-state index < -0.39 is 0 Å². The highest BCUT2D eigenvalue weighted by molar-refractivity contribution is 6.32. The molecule has 23 heavy (non-hydrogen) atoms. The molecule has 0 aromatic carbocycles. The van der Waals surface area contributed by atoms with Gasteiger partial charge in [0.15, 0.2) is 0 Å². The van der Waals surface area contributed by atoms with Crippen LogP contribution in [0.2, 0.25) is 5.02 Å². The van der Waals surface area contributed by atoms with Crippen LogP contribution in [-0.2, 0) is 4.79 Å². The number of hydrogen-bond donors (Lipinski definition) is 2. The van der Waals surface area contributed by atoms with Crippen molar-refractivity contribution in [1.29, 1.82) is 0 Å². The van der Waals surface area contributed by atoms with Crippen LogP contribution in [0, 0.1) is 5.92 Å². The summed E-state index contributed by atoms with van der Waals surface area (Å²) < 4.78 is 0. The Kier molecular flexibility index (Phi) is 6.50. The van der Waals surface area contributed by atoms with Crippen LogP contribution >= 0.6 is 24.0 Å². The molecule has 2 fully saturated rings. The largest absolute Gasteiger partial charge is 0.353 e. The van der Waals surface area contributed by atoms with E-state index in [2.05, 4.69) is 27.4 Å². The van der Waals surface area contributed by atoms with Crippen molar-refractivity contribution in [3.05, 3.63) is 23.4 Å². The van der Waals surface area contributed by atoms with Crippen molar-refractivity contribution in [1.82, 2.24) is 15.6 Å². The first-order valence-electron chi connectivity index (χ1n) is 8.02. The van der Waals surface area contributed by atoms with Gasteiger partial charge in [-0.15, -0.1) is 12.4 Å². The lowest BCUT2D eigenvalue weighted by atomic mass is 9.92. The topological polar surface area (TPSA) is 57.3 Å². The molecule has 5 nitrogen and oxygen atoms in total. The van der Waals surface area contributed by atoms with E-state index in [-0.39, 0.29) is 30.3 Å². The van der Waals surface area contributed by atoms with Gasteiger partial charge in [-0.25, -0.2) is 4.98 Å². The summed E-state index contributed by atoms with van der Waals surface area (Å²) in [6.07, 6.45) is 4.55. The smallest absolute Gasteiger partial charge is 0.223 e. The molecule has 1 unspecified atom stereocenters. The molecule has 1 aromatic heterocycles. The molecule has 0 radical (unpaired) electrons. The molecule has 128 valence electrons. The molecule has 1 amide bonds. The number of nitrogens with zero attached hydrogens (tertiary/aromatic N) is 2. The minimum Gasteiger partial charge on any atom is -0.353 e. The summed E-state index contributed by atoms with van der Waals surface area (Å²) in [6, 6.07) is 4.30. The van der Waals surface area contributed by atoms with Gasteiger partial charge in [0.05, 0.1) is 5.02 Å². The Morgan fingerprint density at radius 3 is 3.04 bits per heavy atom. The number of carbonyl (C=O) groups is 1. The summed E-state index contributed by atoms with van der Waals surface area (Å²) in [7, 11) is 0. The van der Waals surface area contributed by atoms with Gasteiger partial charge >= 0.3 is 0 Å². The molecule has 1 aromatic rings. The maximum Gasteiger partial charge on any atom is 0.223 e. The Morgan fingerprint density at radius 1 is 1.48 bits per heavy atom. The summed E-state index contributed by atoms with van der Waals surface area (Å²) in [5, 5.41) is 7.26. The van der Waals surface area contributed by atoms with E-state index in [1.807, 2.05) is 12.1 Å². The number of amides is 1. The molecule has 0 spiro atoms. The van der Waals surface area contributed by atoms with E-state index in [9.17, 15) is 4.79 Å². The minimum absolute atomic E-state index is 0. The summed E-state index contributed by atoms with van der Waals surface area (Å²) in [5.41, 5.74) is 0. The first-order chi connectivity index (χ1) is 10.6. The number of aromatic nitrogens is 1. The third-order valence-corrected chi connectivity index (χ3v) is 4.86. The normalized spacial score (nSPS) is 27.4. The predicted molar refractivity (Wildman–Crippen MR) is 95.4 cm³/mol. The van der Waals surface area contributed by atoms with E-state index in [1.54, 1.807) is 6.20 Å². The van der Waals surface area contributed by atoms with Crippen LogP contribution in [0.3, 0.4) is 0 Å². The summed E-state index contributed by atoms with van der Waals surface area (Å²) in [5.74, 6) is 1.16. The molecular weight excluding hydrogens is 335 g/mol. The molecule has 7 heteroatoms. The molecule has 2 N–H and O–H groups in total. The molecule has 3 rings (SSSR count). The third-order valence-electron chi connectivity index (χ3n) is 4.57. The molecule has 0 bridgehead atoms. The number of halogens is 2. The van der Waals surface area contributed by atoms with Crippen LogP contribution in [0.25, 0.3) is 0 Å². The van der Waals surface area contributed by atoms with Gasteiger partial charge in [-0.05, 0) is 44.9 Å². The first kappa shape index (κ1) is 18.3. The van der Waals surface area contributed by atoms with Crippen LogP contribution in [0.15, 0.2) is 18.3 Å². The van der Waals surface area contributed by atoms with E-state index in [0.29, 0.717) is 11.1 Å². The van der Waals surface area contributed by atoms with Gasteiger partial charge in [-0.1, -0.05) is 11.6 Å². The van der Waals surface area contributed by atoms with Gasteiger partial charge in [0.1, 0.15) is 5.82 Å². The van der Waals surface area contributed by atoms with Gasteiger partial charge in [0.2, 0.25) is 5.91 Å². The Morgan fingerprint density at radius 2 is 2.30 bits per heavy atom. The molecule has 2 aliphatic rings. The zero-order valence-corrected chi connectivity index (χ0v) is 14.9. The average Bonchev–Trinajstić information content (AvgIpc) is 2.96. The van der Waals surface area contributed by atoms with Crippen LogP contribution in [0.1, 0.15) is 26.2 Å². The fourth-order valence-corrected chi connectivity index (χ4v) is 3.61. The standard InChI is InChI=1S/C16H23ClN4O.ClH/c1-11-9-12(4-7-18-11)16(22)20-13-5-8-21(10-13)15-14(17)3-2-6-19-15;/h2-3,6,11-13,18H,4-5,7-10H2,1H3,(H,20,22);1H/t11-,12-,13?;/m0./s1. The highest BCUT2D eigenvalue weighted by Crippen LogP contribution is 2.26. The minimum atomic E-state index is 0. The Balaban J connectivity index is 0.00000192. The van der Waals surface area contributed by atoms with E-state index >= 15 is 0 Å². The summed E-state index contributed by atoms with van der Waals surface area (Å²) in [4.78, 5) is 18.9. The van der Waals surface area contributed by atoms with Crippen molar-refractivity contribution >= 4 is 35.7 Å². The molecule has 0 aliphatic carbocycles. The lowest BCUT2D eigenvalue weighted by molar-refractivity contribution is -0.126. The van der Waals surface area contributed by atoms with Crippen LogP contribution in [0.5, 0.6) is 0 Å². The Bertz CT molecular complexity index is 543. The lowest BCUT2D eigenvalue weighted by Crippen LogP contribution is -2.46. The summed E-state index contributed by atoms with van der Waals surface area (Å²) >= 11 is 6.20. The van der Waals surface area contributed by atoms with Gasteiger partial charge in [-0.2, -0.15) is 0 Å². The number of rotatable bonds is 3. The Hall–Kier alpha value is -1.04. The van der Waals surface area contributed by atoms with Crippen LogP contribution < -0.4 is 15.5 Å². The zero-order valence-electron chi connectivity index (χ0n) is 13.3. The van der Waals surface area contributed by atoms with Crippen molar-refractivity contribution in [3.63, 3.8) is 0 Å². The second kappa shape index (κ2) is 8.18. The third kappa shape index (κ3) is 4.49. The Labute approximate surface area is 148 Å². The number of carbonyl (C=O) groups excluding carboxylic acids is 1. The molecule has 3 heterocycles. The molecule has 2 aliphatic heterocycles. The van der Waals surface area contributed by atoms with E-state index in [4.69, 9.17) is 11.6 Å².